The number of benzene rings is 1. The average Bonchev–Trinajstić information content (AvgIpc) is 2.90. The van der Waals surface area contributed by atoms with Crippen molar-refractivity contribution < 1.29 is 9.69 Å². The van der Waals surface area contributed by atoms with Crippen LogP contribution >= 0.6 is 0 Å². The smallest absolute Gasteiger partial charge is 0.267 e. The molecule has 1 aromatic heterocycles. The van der Waals surface area contributed by atoms with Gasteiger partial charge in [0.05, 0.1) is 14.1 Å². The molecule has 1 aromatic carbocycles. The average molecular weight is 258 g/mol. The van der Waals surface area contributed by atoms with Crippen LogP contribution in [0.5, 0.6) is 0 Å². The molecule has 2 rings (SSSR count). The van der Waals surface area contributed by atoms with Gasteiger partial charge in [0, 0.05) is 18.3 Å². The zero-order chi connectivity index (χ0) is 13.7. The van der Waals surface area contributed by atoms with Crippen molar-refractivity contribution in [1.82, 2.24) is 10.3 Å². The van der Waals surface area contributed by atoms with Crippen LogP contribution in [-0.4, -0.2) is 25.0 Å². The Morgan fingerprint density at radius 1 is 1.16 bits per heavy atom. The lowest BCUT2D eigenvalue weighted by Crippen LogP contribution is -3.04. The van der Waals surface area contributed by atoms with Crippen molar-refractivity contribution in [3.8, 4) is 0 Å². The van der Waals surface area contributed by atoms with Gasteiger partial charge in [0.1, 0.15) is 12.2 Å². The molecule has 0 aliphatic carbocycles. The standard InChI is InChI=1S/C15H19N3O/c1-18(2)11-13-7-4-3-6-12(13)10-17-15(19)14-8-5-9-16-14/h3-9,16H,10-11H2,1-2H3,(H,17,19)/p+1. The lowest BCUT2D eigenvalue weighted by atomic mass is 10.1. The molecule has 0 spiro atoms. The predicted octanol–water partition coefficient (Wildman–Crippen LogP) is 0.589. The molecule has 0 aliphatic rings. The Morgan fingerprint density at radius 2 is 1.89 bits per heavy atom. The van der Waals surface area contributed by atoms with Crippen LogP contribution in [0, 0.1) is 0 Å². The van der Waals surface area contributed by atoms with Crippen LogP contribution in [0.25, 0.3) is 0 Å². The first kappa shape index (κ1) is 13.4. The van der Waals surface area contributed by atoms with Gasteiger partial charge in [-0.05, 0) is 17.7 Å². The SMILES string of the molecule is C[NH+](C)Cc1ccccc1CNC(=O)c1ccc[nH]1. The Hall–Kier alpha value is -2.07. The molecule has 1 amide bonds. The van der Waals surface area contributed by atoms with E-state index in [-0.39, 0.29) is 5.91 Å². The van der Waals surface area contributed by atoms with E-state index in [1.807, 2.05) is 18.2 Å². The summed E-state index contributed by atoms with van der Waals surface area (Å²) in [5.74, 6) is -0.0722. The normalized spacial score (nSPS) is 10.7. The molecular weight excluding hydrogens is 238 g/mol. The Kier molecular flexibility index (Phi) is 4.36. The van der Waals surface area contributed by atoms with Crippen LogP contribution in [-0.2, 0) is 13.1 Å². The van der Waals surface area contributed by atoms with Crippen LogP contribution in [0.1, 0.15) is 21.6 Å². The summed E-state index contributed by atoms with van der Waals surface area (Å²) in [4.78, 5) is 16.1. The zero-order valence-electron chi connectivity index (χ0n) is 11.4. The number of carbonyl (C=O) groups excluding carboxylic acids is 1. The summed E-state index contributed by atoms with van der Waals surface area (Å²) in [5.41, 5.74) is 3.04. The molecule has 0 fully saturated rings. The van der Waals surface area contributed by atoms with Crippen molar-refractivity contribution >= 4 is 5.91 Å². The molecule has 0 radical (unpaired) electrons. The maximum atomic E-state index is 11.9. The van der Waals surface area contributed by atoms with E-state index in [4.69, 9.17) is 0 Å². The van der Waals surface area contributed by atoms with E-state index in [1.54, 1.807) is 12.3 Å². The van der Waals surface area contributed by atoms with Crippen molar-refractivity contribution in [2.24, 2.45) is 0 Å². The maximum absolute atomic E-state index is 11.9. The maximum Gasteiger partial charge on any atom is 0.267 e. The van der Waals surface area contributed by atoms with Gasteiger partial charge in [-0.1, -0.05) is 24.3 Å². The fourth-order valence-corrected chi connectivity index (χ4v) is 2.03. The van der Waals surface area contributed by atoms with Crippen molar-refractivity contribution in [3.05, 3.63) is 59.4 Å². The molecule has 0 saturated heterocycles. The molecule has 0 bridgehead atoms. The molecule has 3 N–H and O–H groups in total. The number of hydrogen-bond acceptors (Lipinski definition) is 1. The molecule has 1 heterocycles. The van der Waals surface area contributed by atoms with E-state index in [2.05, 4.69) is 36.5 Å². The number of aromatic nitrogens is 1. The fourth-order valence-electron chi connectivity index (χ4n) is 2.03. The number of amides is 1. The topological polar surface area (TPSA) is 49.3 Å². The van der Waals surface area contributed by atoms with Crippen LogP contribution in [0.3, 0.4) is 0 Å². The minimum atomic E-state index is -0.0722. The van der Waals surface area contributed by atoms with Gasteiger partial charge in [-0.15, -0.1) is 0 Å². The Labute approximate surface area is 113 Å². The number of rotatable bonds is 5. The molecule has 100 valence electrons. The Balaban J connectivity index is 2.01. The molecular formula is C15H20N3O+. The Bertz CT molecular complexity index is 532. The summed E-state index contributed by atoms with van der Waals surface area (Å²) in [6.07, 6.45) is 1.75. The lowest BCUT2D eigenvalue weighted by molar-refractivity contribution is -0.872. The predicted molar refractivity (Wildman–Crippen MR) is 74.9 cm³/mol. The number of hydrogen-bond donors (Lipinski definition) is 3. The summed E-state index contributed by atoms with van der Waals surface area (Å²) < 4.78 is 0. The summed E-state index contributed by atoms with van der Waals surface area (Å²) in [6.45, 7) is 1.51. The van der Waals surface area contributed by atoms with Gasteiger partial charge in [0.15, 0.2) is 0 Å². The largest absolute Gasteiger partial charge is 0.357 e. The first-order valence-electron chi connectivity index (χ1n) is 6.44. The monoisotopic (exact) mass is 258 g/mol. The van der Waals surface area contributed by atoms with Gasteiger partial charge in [-0.2, -0.15) is 0 Å². The summed E-state index contributed by atoms with van der Waals surface area (Å²) >= 11 is 0. The molecule has 2 aromatic rings. The minimum Gasteiger partial charge on any atom is -0.357 e. The summed E-state index contributed by atoms with van der Waals surface area (Å²) in [7, 11) is 4.24. The number of H-pyrrole nitrogens is 1. The summed E-state index contributed by atoms with van der Waals surface area (Å²) in [5, 5.41) is 2.94. The third kappa shape index (κ3) is 3.69. The van der Waals surface area contributed by atoms with Crippen LogP contribution in [0.15, 0.2) is 42.6 Å². The van der Waals surface area contributed by atoms with E-state index < -0.39 is 0 Å². The first-order chi connectivity index (χ1) is 9.16. The molecule has 19 heavy (non-hydrogen) atoms. The zero-order valence-corrected chi connectivity index (χ0v) is 11.4. The molecule has 0 atom stereocenters. The highest BCUT2D eigenvalue weighted by atomic mass is 16.1. The third-order valence-electron chi connectivity index (χ3n) is 2.94. The van der Waals surface area contributed by atoms with E-state index in [9.17, 15) is 4.79 Å². The molecule has 0 saturated carbocycles. The first-order valence-corrected chi connectivity index (χ1v) is 6.44. The van der Waals surface area contributed by atoms with E-state index in [1.165, 1.54) is 16.0 Å². The quantitative estimate of drug-likeness (QED) is 0.722. The Morgan fingerprint density at radius 3 is 2.53 bits per heavy atom. The molecule has 0 unspecified atom stereocenters. The summed E-state index contributed by atoms with van der Waals surface area (Å²) in [6, 6.07) is 11.8. The second-order valence-corrected chi connectivity index (χ2v) is 4.92. The molecule has 0 aliphatic heterocycles. The van der Waals surface area contributed by atoms with Gasteiger partial charge in [-0.3, -0.25) is 4.79 Å². The highest BCUT2D eigenvalue weighted by Crippen LogP contribution is 2.07. The third-order valence-corrected chi connectivity index (χ3v) is 2.94. The van der Waals surface area contributed by atoms with Gasteiger partial charge in [0.2, 0.25) is 0 Å². The number of aromatic amines is 1. The lowest BCUT2D eigenvalue weighted by Gasteiger charge is -2.12. The van der Waals surface area contributed by atoms with Crippen LogP contribution in [0.4, 0.5) is 0 Å². The van der Waals surface area contributed by atoms with Crippen molar-refractivity contribution in [3.63, 3.8) is 0 Å². The van der Waals surface area contributed by atoms with Crippen molar-refractivity contribution in [1.29, 1.82) is 0 Å². The van der Waals surface area contributed by atoms with Gasteiger partial charge >= 0.3 is 0 Å². The van der Waals surface area contributed by atoms with Crippen molar-refractivity contribution in [2.45, 2.75) is 13.1 Å². The fraction of sp³-hybridized carbons (Fsp3) is 0.267. The van der Waals surface area contributed by atoms with Gasteiger partial charge < -0.3 is 15.2 Å². The van der Waals surface area contributed by atoms with E-state index in [0.717, 1.165) is 6.54 Å². The second kappa shape index (κ2) is 6.20. The number of quaternary nitrogens is 1. The number of carbonyl (C=O) groups is 1. The van der Waals surface area contributed by atoms with Crippen LogP contribution in [0.2, 0.25) is 0 Å². The van der Waals surface area contributed by atoms with E-state index >= 15 is 0 Å². The highest BCUT2D eigenvalue weighted by molar-refractivity contribution is 5.92. The second-order valence-electron chi connectivity index (χ2n) is 4.92. The van der Waals surface area contributed by atoms with E-state index in [0.29, 0.717) is 12.2 Å². The highest BCUT2D eigenvalue weighted by Gasteiger charge is 2.08. The van der Waals surface area contributed by atoms with Crippen LogP contribution < -0.4 is 10.2 Å². The van der Waals surface area contributed by atoms with Gasteiger partial charge in [-0.25, -0.2) is 0 Å². The minimum absolute atomic E-state index is 0.0722. The molecule has 4 heteroatoms. The number of nitrogens with one attached hydrogen (secondary N) is 3. The van der Waals surface area contributed by atoms with Crippen molar-refractivity contribution in [2.75, 3.05) is 14.1 Å². The van der Waals surface area contributed by atoms with Gasteiger partial charge in [0.25, 0.3) is 5.91 Å². The molecule has 4 nitrogen and oxygen atoms in total.